The second-order valence-corrected chi connectivity index (χ2v) is 5.71. The molecular weight excluding hydrogens is 224 g/mol. The smallest absolute Gasteiger partial charge is 0.0851 e. The molecule has 1 fully saturated rings. The molecule has 0 amide bonds. The molecule has 0 aliphatic heterocycles. The quantitative estimate of drug-likeness (QED) is 0.417. The summed E-state index contributed by atoms with van der Waals surface area (Å²) < 4.78 is 6.13. The summed E-state index contributed by atoms with van der Waals surface area (Å²) in [6.07, 6.45) is 6.60. The monoisotopic (exact) mass is 254 g/mol. The summed E-state index contributed by atoms with van der Waals surface area (Å²) in [5.41, 5.74) is 4.15. The van der Waals surface area contributed by atoms with Gasteiger partial charge in [-0.2, -0.15) is 0 Å². The molecule has 1 rings (SSSR count). The fourth-order valence-corrected chi connectivity index (χ4v) is 2.96. The Bertz CT molecular complexity index is 257. The van der Waals surface area contributed by atoms with Crippen molar-refractivity contribution >= 4 is 0 Å². The molecular formula is C15H30N2O. The second kappa shape index (κ2) is 7.27. The molecule has 3 N–H and O–H groups in total. The fourth-order valence-electron chi connectivity index (χ4n) is 2.96. The van der Waals surface area contributed by atoms with Gasteiger partial charge in [-0.05, 0) is 51.4 Å². The molecule has 0 aromatic carbocycles. The van der Waals surface area contributed by atoms with Crippen LogP contribution in [0.25, 0.3) is 0 Å². The van der Waals surface area contributed by atoms with Crippen LogP contribution in [0.15, 0.2) is 12.2 Å². The molecule has 1 atom stereocenters. The van der Waals surface area contributed by atoms with Crippen molar-refractivity contribution in [2.75, 3.05) is 6.61 Å². The van der Waals surface area contributed by atoms with E-state index in [0.717, 1.165) is 38.2 Å². The van der Waals surface area contributed by atoms with Gasteiger partial charge in [0.25, 0.3) is 0 Å². The van der Waals surface area contributed by atoms with Crippen LogP contribution in [0.2, 0.25) is 0 Å². The van der Waals surface area contributed by atoms with E-state index >= 15 is 0 Å². The van der Waals surface area contributed by atoms with Gasteiger partial charge in [-0.15, -0.1) is 0 Å². The maximum atomic E-state index is 6.13. The fraction of sp³-hybridized carbons (Fsp3) is 0.867. The Morgan fingerprint density at radius 2 is 2.06 bits per heavy atom. The van der Waals surface area contributed by atoms with E-state index in [9.17, 15) is 0 Å². The molecule has 0 saturated heterocycles. The molecule has 18 heavy (non-hydrogen) atoms. The van der Waals surface area contributed by atoms with Crippen molar-refractivity contribution in [1.82, 2.24) is 5.43 Å². The van der Waals surface area contributed by atoms with Gasteiger partial charge in [0.15, 0.2) is 0 Å². The van der Waals surface area contributed by atoms with E-state index in [2.05, 4.69) is 32.8 Å². The van der Waals surface area contributed by atoms with Crippen molar-refractivity contribution in [3.8, 4) is 0 Å². The molecule has 3 nitrogen and oxygen atoms in total. The molecule has 0 radical (unpaired) electrons. The van der Waals surface area contributed by atoms with Crippen LogP contribution in [0, 0.1) is 5.92 Å². The van der Waals surface area contributed by atoms with Gasteiger partial charge in [0, 0.05) is 6.61 Å². The van der Waals surface area contributed by atoms with Gasteiger partial charge in [-0.1, -0.05) is 26.0 Å². The summed E-state index contributed by atoms with van der Waals surface area (Å²) in [5, 5.41) is 0. The van der Waals surface area contributed by atoms with Crippen molar-refractivity contribution in [3.05, 3.63) is 12.2 Å². The Labute approximate surface area is 112 Å². The molecule has 1 aliphatic rings. The Morgan fingerprint density at radius 1 is 1.44 bits per heavy atom. The highest BCUT2D eigenvalue weighted by molar-refractivity contribution is 5.04. The molecule has 0 spiro atoms. The minimum atomic E-state index is -0.0892. The third kappa shape index (κ3) is 3.81. The molecule has 1 unspecified atom stereocenters. The minimum absolute atomic E-state index is 0.0892. The van der Waals surface area contributed by atoms with Crippen molar-refractivity contribution in [3.63, 3.8) is 0 Å². The summed E-state index contributed by atoms with van der Waals surface area (Å²) in [4.78, 5) is 0. The number of hydrazine groups is 1. The minimum Gasteiger partial charge on any atom is -0.374 e. The van der Waals surface area contributed by atoms with E-state index < -0.39 is 0 Å². The Morgan fingerprint density at radius 3 is 2.50 bits per heavy atom. The molecule has 0 heterocycles. The SMILES string of the molecule is C=C(CC)CC(NN)C1(OCC)CCC(C)CC1. The second-order valence-electron chi connectivity index (χ2n) is 5.71. The summed E-state index contributed by atoms with van der Waals surface area (Å²) >= 11 is 0. The highest BCUT2D eigenvalue weighted by atomic mass is 16.5. The largest absolute Gasteiger partial charge is 0.374 e. The zero-order valence-electron chi connectivity index (χ0n) is 12.3. The van der Waals surface area contributed by atoms with E-state index in [0.29, 0.717) is 0 Å². The average molecular weight is 254 g/mol. The van der Waals surface area contributed by atoms with Crippen LogP contribution in [0.5, 0.6) is 0 Å². The van der Waals surface area contributed by atoms with E-state index in [-0.39, 0.29) is 11.6 Å². The summed E-state index contributed by atoms with van der Waals surface area (Å²) in [5.74, 6) is 6.60. The average Bonchev–Trinajstić information content (AvgIpc) is 2.39. The van der Waals surface area contributed by atoms with Gasteiger partial charge in [-0.3, -0.25) is 11.3 Å². The molecule has 0 aromatic rings. The highest BCUT2D eigenvalue weighted by Gasteiger charge is 2.41. The number of rotatable bonds is 7. The first-order valence-corrected chi connectivity index (χ1v) is 7.34. The molecule has 1 saturated carbocycles. The van der Waals surface area contributed by atoms with Gasteiger partial charge in [0.1, 0.15) is 0 Å². The Kier molecular flexibility index (Phi) is 6.33. The lowest BCUT2D eigenvalue weighted by Gasteiger charge is -2.44. The number of hydrogen-bond acceptors (Lipinski definition) is 3. The maximum absolute atomic E-state index is 6.13. The van der Waals surface area contributed by atoms with E-state index in [1.54, 1.807) is 0 Å². The van der Waals surface area contributed by atoms with Crippen LogP contribution >= 0.6 is 0 Å². The van der Waals surface area contributed by atoms with Crippen molar-refractivity contribution in [2.45, 2.75) is 70.9 Å². The summed E-state index contributed by atoms with van der Waals surface area (Å²) in [7, 11) is 0. The van der Waals surface area contributed by atoms with Crippen LogP contribution in [-0.2, 0) is 4.74 Å². The summed E-state index contributed by atoms with van der Waals surface area (Å²) in [6, 6.07) is 0.192. The van der Waals surface area contributed by atoms with Gasteiger partial charge in [0.05, 0.1) is 11.6 Å². The normalized spacial score (nSPS) is 30.1. The zero-order valence-corrected chi connectivity index (χ0v) is 12.3. The molecule has 106 valence electrons. The number of nitrogens with one attached hydrogen (secondary N) is 1. The van der Waals surface area contributed by atoms with Crippen LogP contribution in [0.4, 0.5) is 0 Å². The van der Waals surface area contributed by atoms with E-state index in [1.807, 2.05) is 0 Å². The first kappa shape index (κ1) is 15.7. The Hall–Kier alpha value is -0.380. The lowest BCUT2D eigenvalue weighted by Crippen LogP contribution is -2.56. The van der Waals surface area contributed by atoms with E-state index in [4.69, 9.17) is 10.6 Å². The molecule has 3 heteroatoms. The first-order valence-electron chi connectivity index (χ1n) is 7.34. The van der Waals surface area contributed by atoms with Crippen molar-refractivity contribution in [2.24, 2.45) is 11.8 Å². The van der Waals surface area contributed by atoms with Gasteiger partial charge < -0.3 is 4.74 Å². The van der Waals surface area contributed by atoms with Crippen LogP contribution in [0.1, 0.15) is 59.3 Å². The van der Waals surface area contributed by atoms with Crippen molar-refractivity contribution in [1.29, 1.82) is 0 Å². The van der Waals surface area contributed by atoms with Gasteiger partial charge in [0.2, 0.25) is 0 Å². The highest BCUT2D eigenvalue weighted by Crippen LogP contribution is 2.38. The molecule has 0 bridgehead atoms. The third-order valence-electron chi connectivity index (χ3n) is 4.38. The third-order valence-corrected chi connectivity index (χ3v) is 4.38. The standard InChI is InChI=1S/C15H30N2O/c1-5-12(3)11-14(17-16)15(18-6-2)9-7-13(4)8-10-15/h13-14,17H,3,5-11,16H2,1-2,4H3. The van der Waals surface area contributed by atoms with Crippen molar-refractivity contribution < 1.29 is 4.74 Å². The summed E-state index contributed by atoms with van der Waals surface area (Å²) in [6.45, 7) is 11.4. The predicted molar refractivity (Wildman–Crippen MR) is 77.1 cm³/mol. The van der Waals surface area contributed by atoms with Crippen LogP contribution in [0.3, 0.4) is 0 Å². The molecule has 0 aromatic heterocycles. The maximum Gasteiger partial charge on any atom is 0.0851 e. The topological polar surface area (TPSA) is 47.3 Å². The lowest BCUT2D eigenvalue weighted by molar-refractivity contribution is -0.0962. The number of nitrogens with two attached hydrogens (primary N) is 1. The van der Waals surface area contributed by atoms with Gasteiger partial charge >= 0.3 is 0 Å². The predicted octanol–water partition coefficient (Wildman–Crippen LogP) is 3.16. The zero-order chi connectivity index (χ0) is 13.6. The lowest BCUT2D eigenvalue weighted by atomic mass is 9.74. The van der Waals surface area contributed by atoms with E-state index in [1.165, 1.54) is 18.4 Å². The first-order chi connectivity index (χ1) is 8.57. The number of ether oxygens (including phenoxy) is 1. The van der Waals surface area contributed by atoms with Crippen LogP contribution in [-0.4, -0.2) is 18.2 Å². The molecule has 1 aliphatic carbocycles. The Balaban J connectivity index is 2.76. The number of hydrogen-bond donors (Lipinski definition) is 2. The van der Waals surface area contributed by atoms with Gasteiger partial charge in [-0.25, -0.2) is 0 Å². The van der Waals surface area contributed by atoms with Crippen LogP contribution < -0.4 is 11.3 Å².